The molecule has 14 rings (SSSR count). The van der Waals surface area contributed by atoms with E-state index in [9.17, 15) is 0 Å². The van der Waals surface area contributed by atoms with Crippen molar-refractivity contribution in [2.45, 2.75) is 26.2 Å². The minimum atomic E-state index is -0.0234. The molecule has 0 radical (unpaired) electrons. The number of hydrogen-bond donors (Lipinski definition) is 0. The Morgan fingerprint density at radius 1 is 0.319 bits per heavy atom. The number of para-hydroxylation sites is 6. The van der Waals surface area contributed by atoms with Gasteiger partial charge in [0.05, 0.1) is 11.4 Å². The second kappa shape index (κ2) is 16.2. The molecule has 0 amide bonds. The van der Waals surface area contributed by atoms with Gasteiger partial charge in [-0.15, -0.1) is 0 Å². The summed E-state index contributed by atoms with van der Waals surface area (Å²) in [5.74, 6) is 0. The second-order valence-electron chi connectivity index (χ2n) is 20.1. The maximum atomic E-state index is 6.63. The summed E-state index contributed by atoms with van der Waals surface area (Å²) in [5.41, 5.74) is 15.4. The average molecular weight is 925 g/mol. The van der Waals surface area contributed by atoms with Crippen LogP contribution >= 0.6 is 0 Å². The zero-order valence-electron chi connectivity index (χ0n) is 40.2. The highest BCUT2D eigenvalue weighted by Gasteiger charge is 2.27. The summed E-state index contributed by atoms with van der Waals surface area (Å²) in [6.45, 7) is 6.91. The maximum Gasteiger partial charge on any atom is 0.143 e. The van der Waals surface area contributed by atoms with Crippen molar-refractivity contribution in [3.63, 3.8) is 0 Å². The number of furan rings is 2. The zero-order valence-corrected chi connectivity index (χ0v) is 40.2. The predicted octanol–water partition coefficient (Wildman–Crippen LogP) is 20.0. The lowest BCUT2D eigenvalue weighted by molar-refractivity contribution is 0.591. The van der Waals surface area contributed by atoms with Gasteiger partial charge in [0.15, 0.2) is 0 Å². The summed E-state index contributed by atoms with van der Waals surface area (Å²) < 4.78 is 13.3. The molecule has 0 saturated heterocycles. The molecule has 0 bridgehead atoms. The summed E-state index contributed by atoms with van der Waals surface area (Å²) in [5, 5.41) is 11.8. The lowest BCUT2D eigenvalue weighted by Crippen LogP contribution is -2.15. The van der Waals surface area contributed by atoms with Crippen LogP contribution in [0, 0.1) is 0 Å². The Balaban J connectivity index is 1.04. The molecule has 72 heavy (non-hydrogen) atoms. The van der Waals surface area contributed by atoms with Crippen LogP contribution in [0.3, 0.4) is 0 Å². The Kier molecular flexibility index (Phi) is 9.43. The molecule has 0 N–H and O–H groups in total. The van der Waals surface area contributed by atoms with Crippen molar-refractivity contribution in [3.05, 3.63) is 242 Å². The molecule has 12 aromatic carbocycles. The van der Waals surface area contributed by atoms with Crippen molar-refractivity contribution in [1.29, 1.82) is 0 Å². The zero-order chi connectivity index (χ0) is 48.1. The van der Waals surface area contributed by atoms with E-state index >= 15 is 0 Å². The van der Waals surface area contributed by atoms with Crippen molar-refractivity contribution < 1.29 is 8.83 Å². The molecule has 0 saturated carbocycles. The first-order valence-corrected chi connectivity index (χ1v) is 24.8. The summed E-state index contributed by atoms with van der Waals surface area (Å²) in [7, 11) is 0. The van der Waals surface area contributed by atoms with Crippen LogP contribution < -0.4 is 9.80 Å². The van der Waals surface area contributed by atoms with Gasteiger partial charge in [0.1, 0.15) is 22.3 Å². The van der Waals surface area contributed by atoms with Gasteiger partial charge in [0.2, 0.25) is 0 Å². The second-order valence-corrected chi connectivity index (χ2v) is 20.1. The monoisotopic (exact) mass is 924 g/mol. The Morgan fingerprint density at radius 2 is 0.736 bits per heavy atom. The lowest BCUT2D eigenvalue weighted by atomic mass is 9.83. The van der Waals surface area contributed by atoms with Gasteiger partial charge in [-0.3, -0.25) is 0 Å². The Morgan fingerprint density at radius 3 is 1.21 bits per heavy atom. The van der Waals surface area contributed by atoms with Crippen LogP contribution in [0.1, 0.15) is 26.3 Å². The fraction of sp³-hybridized carbons (Fsp3) is 0.0588. The molecular formula is C68H48N2O2. The Hall–Kier alpha value is -9.12. The van der Waals surface area contributed by atoms with Gasteiger partial charge >= 0.3 is 0 Å². The summed E-state index contributed by atoms with van der Waals surface area (Å²) in [6.07, 6.45) is 0. The van der Waals surface area contributed by atoms with E-state index in [0.29, 0.717) is 0 Å². The van der Waals surface area contributed by atoms with E-state index in [4.69, 9.17) is 8.83 Å². The van der Waals surface area contributed by atoms with E-state index in [-0.39, 0.29) is 5.41 Å². The third-order valence-electron chi connectivity index (χ3n) is 14.7. The van der Waals surface area contributed by atoms with Crippen LogP contribution in [0.15, 0.2) is 245 Å². The molecule has 0 unspecified atom stereocenters. The standard InChI is InChI=1S/C68H48N2O2/c1-68(2,3)47-38-45-34-36-58-60(69(48-20-6-4-7-21-48)50-24-14-18-43(40-50)52-28-16-30-56-54-26-10-12-32-62(54)71-66(52)56)42-61(59-37-35-46(39-47)64(45)65(58)59)70(49-22-8-5-9-23-49)51-25-15-19-44(41-51)53-29-17-31-57-55-27-11-13-33-63(55)72-67(53)57/h4-42H,1-3H3. The van der Waals surface area contributed by atoms with E-state index < -0.39 is 0 Å². The molecule has 2 aromatic heterocycles. The summed E-state index contributed by atoms with van der Waals surface area (Å²) >= 11 is 0. The number of hydrogen-bond acceptors (Lipinski definition) is 4. The minimum absolute atomic E-state index is 0.0234. The number of benzene rings is 12. The van der Waals surface area contributed by atoms with Gasteiger partial charge in [-0.05, 0) is 105 Å². The highest BCUT2D eigenvalue weighted by molar-refractivity contribution is 6.29. The average Bonchev–Trinajstić information content (AvgIpc) is 4.00. The summed E-state index contributed by atoms with van der Waals surface area (Å²) in [4.78, 5) is 4.89. The van der Waals surface area contributed by atoms with Crippen molar-refractivity contribution in [2.24, 2.45) is 0 Å². The molecule has 14 aromatic rings. The van der Waals surface area contributed by atoms with E-state index in [1.807, 2.05) is 12.1 Å². The summed E-state index contributed by atoms with van der Waals surface area (Å²) in [6, 6.07) is 85.7. The molecule has 2 heterocycles. The first-order valence-electron chi connectivity index (χ1n) is 24.8. The minimum Gasteiger partial charge on any atom is -0.455 e. The number of anilines is 6. The molecule has 342 valence electrons. The fourth-order valence-corrected chi connectivity index (χ4v) is 11.3. The van der Waals surface area contributed by atoms with Gasteiger partial charge < -0.3 is 18.6 Å². The molecule has 0 aliphatic heterocycles. The SMILES string of the molecule is CC(C)(C)c1cc2ccc3c(N(c4ccccc4)c4cccc(-c5cccc6c5oc5ccccc56)c4)cc(N(c4ccccc4)c4cccc(-c5cccc6c5oc5ccccc56)c4)c4ccc(c1)c2c34. The molecule has 4 heteroatoms. The molecule has 0 aliphatic carbocycles. The largest absolute Gasteiger partial charge is 0.455 e. The Labute approximate surface area is 417 Å². The first-order chi connectivity index (χ1) is 35.3. The Bertz CT molecular complexity index is 4120. The van der Waals surface area contributed by atoms with Gasteiger partial charge in [0, 0.05) is 71.6 Å². The smallest absolute Gasteiger partial charge is 0.143 e. The predicted molar refractivity (Wildman–Crippen MR) is 304 cm³/mol. The van der Waals surface area contributed by atoms with Gasteiger partial charge in [-0.25, -0.2) is 0 Å². The van der Waals surface area contributed by atoms with Crippen LogP contribution in [0.25, 0.3) is 98.4 Å². The molecule has 0 aliphatic rings. The number of nitrogens with zero attached hydrogens (tertiary/aromatic N) is 2. The maximum absolute atomic E-state index is 6.63. The molecule has 0 atom stereocenters. The van der Waals surface area contributed by atoms with E-state index in [1.165, 1.54) is 37.9 Å². The molecule has 0 spiro atoms. The fourth-order valence-electron chi connectivity index (χ4n) is 11.3. The highest BCUT2D eigenvalue weighted by atomic mass is 16.3. The van der Waals surface area contributed by atoms with Gasteiger partial charge in [-0.1, -0.05) is 191 Å². The number of fused-ring (bicyclic) bond motifs is 6. The van der Waals surface area contributed by atoms with Crippen LogP contribution in [0.2, 0.25) is 0 Å². The van der Waals surface area contributed by atoms with Crippen molar-refractivity contribution in [3.8, 4) is 22.3 Å². The molecular weight excluding hydrogens is 877 g/mol. The van der Waals surface area contributed by atoms with Gasteiger partial charge in [-0.2, -0.15) is 0 Å². The first kappa shape index (κ1) is 41.8. The number of rotatable bonds is 8. The van der Waals surface area contributed by atoms with Gasteiger partial charge in [0.25, 0.3) is 0 Å². The highest BCUT2D eigenvalue weighted by Crippen LogP contribution is 2.52. The van der Waals surface area contributed by atoms with E-state index in [1.54, 1.807) is 0 Å². The quantitative estimate of drug-likeness (QED) is 0.142. The van der Waals surface area contributed by atoms with E-state index in [2.05, 4.69) is 255 Å². The van der Waals surface area contributed by atoms with E-state index in [0.717, 1.165) is 100 Å². The molecule has 0 fully saturated rings. The van der Waals surface area contributed by atoms with Crippen molar-refractivity contribution in [1.82, 2.24) is 0 Å². The molecule has 4 nitrogen and oxygen atoms in total. The normalized spacial score (nSPS) is 12.1. The van der Waals surface area contributed by atoms with Crippen LogP contribution in [-0.2, 0) is 5.41 Å². The lowest BCUT2D eigenvalue weighted by Gasteiger charge is -2.32. The van der Waals surface area contributed by atoms with Crippen molar-refractivity contribution >= 4 is 110 Å². The van der Waals surface area contributed by atoms with Crippen LogP contribution in [0.4, 0.5) is 34.1 Å². The third kappa shape index (κ3) is 6.67. The van der Waals surface area contributed by atoms with Crippen LogP contribution in [0.5, 0.6) is 0 Å². The van der Waals surface area contributed by atoms with Crippen LogP contribution in [-0.4, -0.2) is 0 Å². The van der Waals surface area contributed by atoms with Crippen molar-refractivity contribution in [2.75, 3.05) is 9.80 Å². The topological polar surface area (TPSA) is 32.8 Å². The third-order valence-corrected chi connectivity index (χ3v) is 14.7.